The van der Waals surface area contributed by atoms with Gasteiger partial charge in [-0.25, -0.2) is 0 Å². The van der Waals surface area contributed by atoms with E-state index in [1.54, 1.807) is 0 Å². The number of unbranched alkanes of at least 4 members (excludes halogenated alkanes) is 1. The Morgan fingerprint density at radius 1 is 1.60 bits per heavy atom. The molecule has 1 rings (SSSR count). The highest BCUT2D eigenvalue weighted by molar-refractivity contribution is 5.16. The number of allylic oxidation sites excluding steroid dienone is 2. The normalized spacial score (nSPS) is 26.2. The van der Waals surface area contributed by atoms with Crippen LogP contribution in [0.4, 0.5) is 0 Å². The molecule has 1 nitrogen and oxygen atoms in total. The molecule has 86 valence electrons. The average Bonchev–Trinajstić information content (AvgIpc) is 2.20. The summed E-state index contributed by atoms with van der Waals surface area (Å²) in [7, 11) is 0. The molecule has 1 N–H and O–H groups in total. The van der Waals surface area contributed by atoms with Gasteiger partial charge in [0, 0.05) is 6.04 Å². The van der Waals surface area contributed by atoms with Crippen molar-refractivity contribution in [3.63, 3.8) is 0 Å². The molecule has 0 aliphatic heterocycles. The Kier molecular flexibility index (Phi) is 5.10. The van der Waals surface area contributed by atoms with Crippen molar-refractivity contribution < 1.29 is 0 Å². The summed E-state index contributed by atoms with van der Waals surface area (Å²) in [6.07, 6.45) is 7.36. The zero-order valence-electron chi connectivity index (χ0n) is 10.5. The summed E-state index contributed by atoms with van der Waals surface area (Å²) in [6, 6.07) is 0.590. The Morgan fingerprint density at radius 2 is 2.33 bits per heavy atom. The summed E-state index contributed by atoms with van der Waals surface area (Å²) >= 11 is 0. The summed E-state index contributed by atoms with van der Waals surface area (Å²) < 4.78 is 0. The van der Waals surface area contributed by atoms with E-state index >= 15 is 0 Å². The molecule has 1 aliphatic carbocycles. The molecule has 0 aromatic heterocycles. The Balaban J connectivity index is 2.45. The van der Waals surface area contributed by atoms with E-state index in [1.165, 1.54) is 36.8 Å². The molecule has 2 atom stereocenters. The summed E-state index contributed by atoms with van der Waals surface area (Å²) in [5, 5.41) is 3.65. The number of rotatable bonds is 5. The third-order valence-electron chi connectivity index (χ3n) is 3.41. The molecule has 15 heavy (non-hydrogen) atoms. The Bertz CT molecular complexity index is 240. The van der Waals surface area contributed by atoms with Gasteiger partial charge in [0.2, 0.25) is 0 Å². The zero-order chi connectivity index (χ0) is 11.3. The van der Waals surface area contributed by atoms with Crippen molar-refractivity contribution in [1.29, 1.82) is 0 Å². The highest BCUT2D eigenvalue weighted by Crippen LogP contribution is 2.28. The van der Waals surface area contributed by atoms with Gasteiger partial charge in [0.15, 0.2) is 0 Å². The van der Waals surface area contributed by atoms with E-state index in [0.29, 0.717) is 12.0 Å². The third-order valence-corrected chi connectivity index (χ3v) is 3.41. The SMILES string of the molecule is C=C(C)C1CC=C(C)C(NCCCC)C1. The summed E-state index contributed by atoms with van der Waals surface area (Å²) in [6.45, 7) is 11.9. The lowest BCUT2D eigenvalue weighted by atomic mass is 9.83. The van der Waals surface area contributed by atoms with Gasteiger partial charge in [-0.2, -0.15) is 0 Å². The minimum absolute atomic E-state index is 0.590. The van der Waals surface area contributed by atoms with Crippen molar-refractivity contribution in [3.8, 4) is 0 Å². The Labute approximate surface area is 94.6 Å². The van der Waals surface area contributed by atoms with Gasteiger partial charge in [0.05, 0.1) is 0 Å². The van der Waals surface area contributed by atoms with Gasteiger partial charge in [-0.3, -0.25) is 0 Å². The first kappa shape index (κ1) is 12.5. The molecule has 0 saturated carbocycles. The van der Waals surface area contributed by atoms with E-state index in [0.717, 1.165) is 6.54 Å². The fourth-order valence-corrected chi connectivity index (χ4v) is 2.14. The second-order valence-electron chi connectivity index (χ2n) is 4.82. The van der Waals surface area contributed by atoms with Crippen LogP contribution < -0.4 is 5.32 Å². The standard InChI is InChI=1S/C14H25N/c1-5-6-9-15-14-10-13(11(2)3)8-7-12(14)4/h7,13-15H,2,5-6,8-10H2,1,3-4H3. The first-order valence-corrected chi connectivity index (χ1v) is 6.20. The van der Waals surface area contributed by atoms with E-state index in [1.807, 2.05) is 0 Å². The van der Waals surface area contributed by atoms with Gasteiger partial charge in [-0.1, -0.05) is 37.1 Å². The molecule has 0 heterocycles. The van der Waals surface area contributed by atoms with E-state index in [-0.39, 0.29) is 0 Å². The van der Waals surface area contributed by atoms with Crippen LogP contribution in [0.15, 0.2) is 23.8 Å². The van der Waals surface area contributed by atoms with Gasteiger partial charge in [-0.05, 0) is 45.6 Å². The molecule has 0 radical (unpaired) electrons. The average molecular weight is 207 g/mol. The Hall–Kier alpha value is -0.560. The van der Waals surface area contributed by atoms with Crippen LogP contribution in [-0.4, -0.2) is 12.6 Å². The maximum Gasteiger partial charge on any atom is 0.0282 e. The lowest BCUT2D eigenvalue weighted by molar-refractivity contribution is 0.427. The highest BCUT2D eigenvalue weighted by Gasteiger charge is 2.21. The topological polar surface area (TPSA) is 12.0 Å². The molecule has 0 bridgehead atoms. The van der Waals surface area contributed by atoms with Crippen LogP contribution in [-0.2, 0) is 0 Å². The molecule has 0 aromatic carbocycles. The smallest absolute Gasteiger partial charge is 0.0282 e. The van der Waals surface area contributed by atoms with Crippen molar-refractivity contribution in [2.24, 2.45) is 5.92 Å². The maximum atomic E-state index is 4.08. The summed E-state index contributed by atoms with van der Waals surface area (Å²) in [5.74, 6) is 0.688. The van der Waals surface area contributed by atoms with Crippen molar-refractivity contribution in [2.75, 3.05) is 6.54 Å². The van der Waals surface area contributed by atoms with Crippen LogP contribution in [0.25, 0.3) is 0 Å². The zero-order valence-corrected chi connectivity index (χ0v) is 10.5. The minimum atomic E-state index is 0.590. The Morgan fingerprint density at radius 3 is 2.93 bits per heavy atom. The molecular weight excluding hydrogens is 182 g/mol. The van der Waals surface area contributed by atoms with Crippen molar-refractivity contribution in [3.05, 3.63) is 23.8 Å². The van der Waals surface area contributed by atoms with Crippen molar-refractivity contribution in [1.82, 2.24) is 5.32 Å². The van der Waals surface area contributed by atoms with Crippen LogP contribution in [0.3, 0.4) is 0 Å². The molecule has 0 amide bonds. The van der Waals surface area contributed by atoms with E-state index < -0.39 is 0 Å². The van der Waals surface area contributed by atoms with Crippen LogP contribution in [0.5, 0.6) is 0 Å². The monoisotopic (exact) mass is 207 g/mol. The van der Waals surface area contributed by atoms with Gasteiger partial charge < -0.3 is 5.32 Å². The van der Waals surface area contributed by atoms with Crippen molar-refractivity contribution in [2.45, 2.75) is 52.5 Å². The number of hydrogen-bond acceptors (Lipinski definition) is 1. The predicted molar refractivity (Wildman–Crippen MR) is 68.0 cm³/mol. The largest absolute Gasteiger partial charge is 0.310 e. The molecule has 0 spiro atoms. The van der Waals surface area contributed by atoms with Gasteiger partial charge in [-0.15, -0.1) is 0 Å². The van der Waals surface area contributed by atoms with E-state index in [4.69, 9.17) is 0 Å². The lowest BCUT2D eigenvalue weighted by Gasteiger charge is -2.29. The van der Waals surface area contributed by atoms with Crippen LogP contribution in [0, 0.1) is 5.92 Å². The molecule has 0 aromatic rings. The van der Waals surface area contributed by atoms with E-state index in [2.05, 4.69) is 38.7 Å². The number of hydrogen-bond donors (Lipinski definition) is 1. The maximum absolute atomic E-state index is 4.08. The van der Waals surface area contributed by atoms with Gasteiger partial charge in [0.1, 0.15) is 0 Å². The van der Waals surface area contributed by atoms with Crippen LogP contribution >= 0.6 is 0 Å². The predicted octanol–water partition coefficient (Wildman–Crippen LogP) is 3.68. The molecular formula is C14H25N. The quantitative estimate of drug-likeness (QED) is 0.535. The second kappa shape index (κ2) is 6.12. The molecule has 1 heteroatoms. The minimum Gasteiger partial charge on any atom is -0.310 e. The highest BCUT2D eigenvalue weighted by atomic mass is 14.9. The molecule has 1 aliphatic rings. The molecule has 0 saturated heterocycles. The lowest BCUT2D eigenvalue weighted by Crippen LogP contribution is -2.35. The van der Waals surface area contributed by atoms with Crippen LogP contribution in [0.1, 0.15) is 46.5 Å². The van der Waals surface area contributed by atoms with Gasteiger partial charge >= 0.3 is 0 Å². The van der Waals surface area contributed by atoms with Gasteiger partial charge in [0.25, 0.3) is 0 Å². The summed E-state index contributed by atoms with van der Waals surface area (Å²) in [4.78, 5) is 0. The van der Waals surface area contributed by atoms with Crippen molar-refractivity contribution >= 4 is 0 Å². The second-order valence-corrected chi connectivity index (χ2v) is 4.82. The fraction of sp³-hybridized carbons (Fsp3) is 0.714. The summed E-state index contributed by atoms with van der Waals surface area (Å²) in [5.41, 5.74) is 2.85. The third kappa shape index (κ3) is 3.83. The first-order valence-electron chi connectivity index (χ1n) is 6.20. The van der Waals surface area contributed by atoms with Crippen LogP contribution in [0.2, 0.25) is 0 Å². The number of nitrogens with one attached hydrogen (secondary N) is 1. The molecule has 2 unspecified atom stereocenters. The fourth-order valence-electron chi connectivity index (χ4n) is 2.14. The van der Waals surface area contributed by atoms with E-state index in [9.17, 15) is 0 Å². The first-order chi connectivity index (χ1) is 7.15. The molecule has 0 fully saturated rings.